The topological polar surface area (TPSA) is 64.4 Å². The van der Waals surface area contributed by atoms with Gasteiger partial charge in [0.2, 0.25) is 5.75 Å². The van der Waals surface area contributed by atoms with Gasteiger partial charge in [-0.2, -0.15) is 5.26 Å². The molecular formula is C13H11ClN2O3. The van der Waals surface area contributed by atoms with Crippen LogP contribution < -0.4 is 14.2 Å². The molecule has 0 saturated carbocycles. The summed E-state index contributed by atoms with van der Waals surface area (Å²) in [6, 6.07) is 3.66. The highest BCUT2D eigenvalue weighted by atomic mass is 35.5. The Hall–Kier alpha value is -2.19. The monoisotopic (exact) mass is 278 g/mol. The Balaban J connectivity index is 2.93. The van der Waals surface area contributed by atoms with Crippen LogP contribution in [0.25, 0.3) is 10.9 Å². The standard InChI is InChI=1S/C13H11ClN2O3/c1-17-9-4-8-10(14)7(5-15)6-16-11(8)13(19-3)12(9)18-2/h4,6H,1-3H3. The summed E-state index contributed by atoms with van der Waals surface area (Å²) in [5, 5.41) is 9.86. The lowest BCUT2D eigenvalue weighted by atomic mass is 10.1. The number of hydrogen-bond acceptors (Lipinski definition) is 5. The third-order valence-corrected chi connectivity index (χ3v) is 3.13. The summed E-state index contributed by atoms with van der Waals surface area (Å²) in [4.78, 5) is 4.20. The van der Waals surface area contributed by atoms with Gasteiger partial charge in [0.05, 0.1) is 31.9 Å². The van der Waals surface area contributed by atoms with Gasteiger partial charge in [-0.25, -0.2) is 0 Å². The molecule has 0 unspecified atom stereocenters. The predicted octanol–water partition coefficient (Wildman–Crippen LogP) is 2.79. The molecule has 0 N–H and O–H groups in total. The van der Waals surface area contributed by atoms with Crippen LogP contribution in [0.5, 0.6) is 17.2 Å². The predicted molar refractivity (Wildman–Crippen MR) is 71.1 cm³/mol. The largest absolute Gasteiger partial charge is 0.493 e. The molecule has 0 aliphatic rings. The highest BCUT2D eigenvalue weighted by molar-refractivity contribution is 6.36. The molecule has 0 spiro atoms. The Labute approximate surface area is 115 Å². The number of ether oxygens (including phenoxy) is 3. The summed E-state index contributed by atoms with van der Waals surface area (Å²) in [5.74, 6) is 1.32. The third-order valence-electron chi connectivity index (χ3n) is 2.72. The number of fused-ring (bicyclic) bond motifs is 1. The van der Waals surface area contributed by atoms with Crippen LogP contribution in [-0.4, -0.2) is 26.3 Å². The van der Waals surface area contributed by atoms with Crippen molar-refractivity contribution in [2.75, 3.05) is 21.3 Å². The van der Waals surface area contributed by atoms with E-state index in [9.17, 15) is 0 Å². The van der Waals surface area contributed by atoms with Gasteiger partial charge >= 0.3 is 0 Å². The number of rotatable bonds is 3. The van der Waals surface area contributed by atoms with Crippen LogP contribution in [0.4, 0.5) is 0 Å². The van der Waals surface area contributed by atoms with Crippen LogP contribution >= 0.6 is 11.6 Å². The van der Waals surface area contributed by atoms with Crippen molar-refractivity contribution in [1.29, 1.82) is 5.26 Å². The maximum atomic E-state index is 8.97. The summed E-state index contributed by atoms with van der Waals surface area (Å²) < 4.78 is 15.8. The molecule has 1 aromatic heterocycles. The van der Waals surface area contributed by atoms with Crippen molar-refractivity contribution in [2.45, 2.75) is 0 Å². The molecule has 0 aliphatic heterocycles. The zero-order valence-corrected chi connectivity index (χ0v) is 11.4. The molecule has 2 rings (SSSR count). The van der Waals surface area contributed by atoms with E-state index >= 15 is 0 Å². The molecular weight excluding hydrogens is 268 g/mol. The molecule has 19 heavy (non-hydrogen) atoms. The molecule has 1 heterocycles. The van der Waals surface area contributed by atoms with E-state index in [4.69, 9.17) is 31.1 Å². The number of nitriles is 1. The van der Waals surface area contributed by atoms with Gasteiger partial charge in [-0.15, -0.1) is 0 Å². The van der Waals surface area contributed by atoms with Crippen LogP contribution in [0.2, 0.25) is 5.02 Å². The minimum atomic E-state index is 0.295. The van der Waals surface area contributed by atoms with Crippen LogP contribution in [0.1, 0.15) is 5.56 Å². The van der Waals surface area contributed by atoms with E-state index in [0.717, 1.165) is 0 Å². The first-order valence-electron chi connectivity index (χ1n) is 5.35. The summed E-state index contributed by atoms with van der Waals surface area (Å²) in [5.41, 5.74) is 0.813. The maximum absolute atomic E-state index is 8.97. The maximum Gasteiger partial charge on any atom is 0.205 e. The van der Waals surface area contributed by atoms with Crippen molar-refractivity contribution in [3.05, 3.63) is 22.8 Å². The Bertz CT molecular complexity index is 680. The van der Waals surface area contributed by atoms with Gasteiger partial charge in [-0.1, -0.05) is 11.6 Å². The lowest BCUT2D eigenvalue weighted by molar-refractivity contribution is 0.327. The van der Waals surface area contributed by atoms with Gasteiger partial charge in [0.25, 0.3) is 0 Å². The fraction of sp³-hybridized carbons (Fsp3) is 0.231. The zero-order chi connectivity index (χ0) is 14.0. The number of hydrogen-bond donors (Lipinski definition) is 0. The highest BCUT2D eigenvalue weighted by Crippen LogP contribution is 2.44. The minimum Gasteiger partial charge on any atom is -0.493 e. The molecule has 6 heteroatoms. The lowest BCUT2D eigenvalue weighted by Crippen LogP contribution is -1.98. The Morgan fingerprint density at radius 3 is 2.37 bits per heavy atom. The average Bonchev–Trinajstić information content (AvgIpc) is 2.45. The normalized spacial score (nSPS) is 10.1. The molecule has 0 fully saturated rings. The van der Waals surface area contributed by atoms with Crippen LogP contribution in [0.3, 0.4) is 0 Å². The van der Waals surface area contributed by atoms with Crippen LogP contribution in [0.15, 0.2) is 12.3 Å². The fourth-order valence-electron chi connectivity index (χ4n) is 1.85. The summed E-state index contributed by atoms with van der Waals surface area (Å²) in [6.07, 6.45) is 1.40. The van der Waals surface area contributed by atoms with E-state index in [2.05, 4.69) is 4.98 Å². The van der Waals surface area contributed by atoms with Gasteiger partial charge in [-0.3, -0.25) is 4.98 Å². The fourth-order valence-corrected chi connectivity index (χ4v) is 2.08. The number of benzene rings is 1. The molecule has 0 amide bonds. The van der Waals surface area contributed by atoms with Crippen molar-refractivity contribution in [1.82, 2.24) is 4.98 Å². The molecule has 1 aromatic carbocycles. The highest BCUT2D eigenvalue weighted by Gasteiger charge is 2.19. The van der Waals surface area contributed by atoms with Crippen LogP contribution in [-0.2, 0) is 0 Å². The van der Waals surface area contributed by atoms with E-state index < -0.39 is 0 Å². The van der Waals surface area contributed by atoms with Crippen LogP contribution in [0, 0.1) is 11.3 Å². The Kier molecular flexibility index (Phi) is 3.63. The summed E-state index contributed by atoms with van der Waals surface area (Å²) in [7, 11) is 4.53. The number of aromatic nitrogens is 1. The number of halogens is 1. The smallest absolute Gasteiger partial charge is 0.205 e. The van der Waals surface area contributed by atoms with Crippen molar-refractivity contribution in [3.63, 3.8) is 0 Å². The van der Waals surface area contributed by atoms with Crippen molar-refractivity contribution in [2.24, 2.45) is 0 Å². The molecule has 0 saturated heterocycles. The SMILES string of the molecule is COc1cc2c(Cl)c(C#N)cnc2c(OC)c1OC. The molecule has 0 radical (unpaired) electrons. The van der Waals surface area contributed by atoms with E-state index in [1.807, 2.05) is 6.07 Å². The average molecular weight is 279 g/mol. The lowest BCUT2D eigenvalue weighted by Gasteiger charge is -2.14. The summed E-state index contributed by atoms with van der Waals surface area (Å²) >= 11 is 6.18. The van der Waals surface area contributed by atoms with Gasteiger partial charge in [0, 0.05) is 11.6 Å². The zero-order valence-electron chi connectivity index (χ0n) is 10.7. The van der Waals surface area contributed by atoms with E-state index in [0.29, 0.717) is 38.7 Å². The molecule has 0 atom stereocenters. The second-order valence-electron chi connectivity index (χ2n) is 3.64. The first-order valence-corrected chi connectivity index (χ1v) is 5.73. The Morgan fingerprint density at radius 1 is 1.16 bits per heavy atom. The molecule has 0 aliphatic carbocycles. The van der Waals surface area contributed by atoms with E-state index in [1.54, 1.807) is 6.07 Å². The molecule has 0 bridgehead atoms. The van der Waals surface area contributed by atoms with Crippen molar-refractivity contribution < 1.29 is 14.2 Å². The van der Waals surface area contributed by atoms with E-state index in [-0.39, 0.29) is 0 Å². The van der Waals surface area contributed by atoms with Gasteiger partial charge < -0.3 is 14.2 Å². The second-order valence-corrected chi connectivity index (χ2v) is 4.02. The van der Waals surface area contributed by atoms with Crippen molar-refractivity contribution in [3.8, 4) is 23.3 Å². The van der Waals surface area contributed by atoms with E-state index in [1.165, 1.54) is 27.5 Å². The molecule has 98 valence electrons. The van der Waals surface area contributed by atoms with Gasteiger partial charge in [0.1, 0.15) is 11.6 Å². The first kappa shape index (κ1) is 13.2. The Morgan fingerprint density at radius 2 is 1.84 bits per heavy atom. The van der Waals surface area contributed by atoms with Gasteiger partial charge in [0.15, 0.2) is 11.5 Å². The number of methoxy groups -OCH3 is 3. The third kappa shape index (κ3) is 2.00. The second kappa shape index (κ2) is 5.21. The quantitative estimate of drug-likeness (QED) is 0.864. The van der Waals surface area contributed by atoms with Gasteiger partial charge in [-0.05, 0) is 6.07 Å². The molecule has 2 aromatic rings. The van der Waals surface area contributed by atoms with Crippen molar-refractivity contribution >= 4 is 22.5 Å². The molecule has 5 nitrogen and oxygen atoms in total. The number of nitrogens with zero attached hydrogens (tertiary/aromatic N) is 2. The first-order chi connectivity index (χ1) is 9.17. The summed E-state index contributed by atoms with van der Waals surface area (Å²) in [6.45, 7) is 0. The number of pyridine rings is 1. The minimum absolute atomic E-state index is 0.295.